The van der Waals surface area contributed by atoms with Crippen molar-refractivity contribution in [2.75, 3.05) is 6.61 Å². The Kier molecular flexibility index (Phi) is 3.04. The predicted octanol–water partition coefficient (Wildman–Crippen LogP) is 2.76. The van der Waals surface area contributed by atoms with E-state index in [9.17, 15) is 4.79 Å². The minimum atomic E-state index is -0.912. The lowest BCUT2D eigenvalue weighted by Gasteiger charge is -2.09. The lowest BCUT2D eigenvalue weighted by molar-refractivity contribution is 0.0686. The average Bonchev–Trinajstić information content (AvgIpc) is 2.69. The zero-order valence-electron chi connectivity index (χ0n) is 9.93. The van der Waals surface area contributed by atoms with Crippen LogP contribution in [0.25, 0.3) is 10.9 Å². The number of aromatic carboxylic acids is 1. The first-order valence-corrected chi connectivity index (χ1v) is 5.67. The van der Waals surface area contributed by atoms with Crippen LogP contribution in [-0.4, -0.2) is 22.2 Å². The Labute approximate surface area is 99.4 Å². The van der Waals surface area contributed by atoms with Crippen molar-refractivity contribution in [1.82, 2.24) is 4.57 Å². The van der Waals surface area contributed by atoms with E-state index in [0.717, 1.165) is 16.7 Å². The molecule has 0 atom stereocenters. The van der Waals surface area contributed by atoms with E-state index in [-0.39, 0.29) is 0 Å². The van der Waals surface area contributed by atoms with Crippen LogP contribution >= 0.6 is 0 Å². The Morgan fingerprint density at radius 2 is 2.18 bits per heavy atom. The number of ether oxygens (including phenoxy) is 1. The number of benzene rings is 1. The number of aromatic nitrogens is 1. The van der Waals surface area contributed by atoms with Gasteiger partial charge >= 0.3 is 5.97 Å². The molecule has 0 aliphatic carbocycles. The Balaban J connectivity index is 2.74. The Morgan fingerprint density at radius 1 is 1.41 bits per heavy atom. The normalized spacial score (nSPS) is 10.7. The van der Waals surface area contributed by atoms with Gasteiger partial charge in [-0.15, -0.1) is 0 Å². The second-order valence-electron chi connectivity index (χ2n) is 3.71. The van der Waals surface area contributed by atoms with E-state index < -0.39 is 5.97 Å². The summed E-state index contributed by atoms with van der Waals surface area (Å²) in [5.41, 5.74) is 1.16. The third-order valence-electron chi connectivity index (χ3n) is 2.72. The summed E-state index contributed by atoms with van der Waals surface area (Å²) < 4.78 is 7.31. The van der Waals surface area contributed by atoms with Crippen molar-refractivity contribution < 1.29 is 14.6 Å². The van der Waals surface area contributed by atoms with Crippen molar-refractivity contribution in [3.63, 3.8) is 0 Å². The van der Waals surface area contributed by atoms with Gasteiger partial charge in [-0.25, -0.2) is 4.79 Å². The Hall–Kier alpha value is -1.97. The minimum Gasteiger partial charge on any atom is -0.492 e. The van der Waals surface area contributed by atoms with Gasteiger partial charge in [0.1, 0.15) is 11.4 Å². The number of carbonyl (C=O) groups is 1. The van der Waals surface area contributed by atoms with Gasteiger partial charge in [-0.3, -0.25) is 0 Å². The molecule has 1 aromatic heterocycles. The van der Waals surface area contributed by atoms with E-state index in [4.69, 9.17) is 9.84 Å². The molecule has 2 rings (SSSR count). The van der Waals surface area contributed by atoms with Gasteiger partial charge in [0.05, 0.1) is 12.1 Å². The highest BCUT2D eigenvalue weighted by molar-refractivity contribution is 5.96. The predicted molar refractivity (Wildman–Crippen MR) is 65.7 cm³/mol. The summed E-state index contributed by atoms with van der Waals surface area (Å²) in [4.78, 5) is 11.2. The summed E-state index contributed by atoms with van der Waals surface area (Å²) in [7, 11) is 0. The Bertz CT molecular complexity index is 557. The second-order valence-corrected chi connectivity index (χ2v) is 3.71. The number of aryl methyl sites for hydroxylation is 1. The maximum atomic E-state index is 11.2. The van der Waals surface area contributed by atoms with Gasteiger partial charge in [0, 0.05) is 11.9 Å². The van der Waals surface area contributed by atoms with Crippen molar-refractivity contribution in [3.05, 3.63) is 30.0 Å². The van der Waals surface area contributed by atoms with E-state index in [2.05, 4.69) is 0 Å². The molecule has 0 saturated heterocycles. The van der Waals surface area contributed by atoms with Gasteiger partial charge < -0.3 is 14.4 Å². The molecule has 0 spiro atoms. The molecule has 0 aliphatic heterocycles. The van der Waals surface area contributed by atoms with Gasteiger partial charge in [0.25, 0.3) is 0 Å². The van der Waals surface area contributed by atoms with Crippen LogP contribution < -0.4 is 4.74 Å². The molecule has 4 heteroatoms. The molecule has 0 unspecified atom stereocenters. The number of para-hydroxylation sites is 1. The fraction of sp³-hybridized carbons (Fsp3) is 0.308. The quantitative estimate of drug-likeness (QED) is 0.883. The van der Waals surface area contributed by atoms with Crippen molar-refractivity contribution in [2.45, 2.75) is 20.4 Å². The molecule has 0 fully saturated rings. The summed E-state index contributed by atoms with van der Waals surface area (Å²) in [6, 6.07) is 7.32. The molecule has 1 N–H and O–H groups in total. The monoisotopic (exact) mass is 233 g/mol. The smallest absolute Gasteiger partial charge is 0.352 e. The standard InChI is InChI=1S/C13H15NO3/c1-3-14-10(13(15)16)8-9-6-5-7-11(12(9)14)17-4-2/h5-8H,3-4H2,1-2H3,(H,15,16). The molecular weight excluding hydrogens is 218 g/mol. The van der Waals surface area contributed by atoms with Crippen LogP contribution in [0.3, 0.4) is 0 Å². The summed E-state index contributed by atoms with van der Waals surface area (Å²) in [6.45, 7) is 5.01. The molecule has 0 saturated carbocycles. The molecule has 17 heavy (non-hydrogen) atoms. The number of carboxylic acid groups (broad SMARTS) is 1. The molecule has 1 heterocycles. The van der Waals surface area contributed by atoms with E-state index in [1.807, 2.05) is 32.0 Å². The second kappa shape index (κ2) is 4.49. The lowest BCUT2D eigenvalue weighted by Crippen LogP contribution is -2.07. The van der Waals surface area contributed by atoms with Gasteiger partial charge in [0.15, 0.2) is 0 Å². The summed E-state index contributed by atoms with van der Waals surface area (Å²) in [5.74, 6) is -0.176. The van der Waals surface area contributed by atoms with Crippen molar-refractivity contribution >= 4 is 16.9 Å². The fourth-order valence-electron chi connectivity index (χ4n) is 2.07. The topological polar surface area (TPSA) is 51.5 Å². The Morgan fingerprint density at radius 3 is 2.76 bits per heavy atom. The highest BCUT2D eigenvalue weighted by atomic mass is 16.5. The van der Waals surface area contributed by atoms with Crippen LogP contribution in [0.5, 0.6) is 5.75 Å². The van der Waals surface area contributed by atoms with Crippen LogP contribution in [-0.2, 0) is 6.54 Å². The van der Waals surface area contributed by atoms with Crippen LogP contribution in [0.1, 0.15) is 24.3 Å². The molecule has 1 aromatic carbocycles. The number of nitrogens with zero attached hydrogens (tertiary/aromatic N) is 1. The average molecular weight is 233 g/mol. The fourth-order valence-corrected chi connectivity index (χ4v) is 2.07. The first kappa shape index (κ1) is 11.5. The SMILES string of the molecule is CCOc1cccc2cc(C(=O)O)n(CC)c12. The van der Waals surface area contributed by atoms with Crippen molar-refractivity contribution in [3.8, 4) is 5.75 Å². The molecule has 90 valence electrons. The van der Waals surface area contributed by atoms with E-state index in [1.165, 1.54) is 0 Å². The first-order chi connectivity index (χ1) is 8.19. The molecule has 2 aromatic rings. The van der Waals surface area contributed by atoms with E-state index in [1.54, 1.807) is 10.6 Å². The lowest BCUT2D eigenvalue weighted by atomic mass is 10.2. The maximum Gasteiger partial charge on any atom is 0.352 e. The molecular formula is C13H15NO3. The van der Waals surface area contributed by atoms with Crippen LogP contribution in [0.2, 0.25) is 0 Å². The minimum absolute atomic E-state index is 0.301. The summed E-state index contributed by atoms with van der Waals surface area (Å²) >= 11 is 0. The third-order valence-corrected chi connectivity index (χ3v) is 2.72. The largest absolute Gasteiger partial charge is 0.492 e. The van der Waals surface area contributed by atoms with E-state index in [0.29, 0.717) is 18.8 Å². The molecule has 0 bridgehead atoms. The van der Waals surface area contributed by atoms with Crippen molar-refractivity contribution in [1.29, 1.82) is 0 Å². The number of carboxylic acids is 1. The van der Waals surface area contributed by atoms with Gasteiger partial charge in [-0.2, -0.15) is 0 Å². The maximum absolute atomic E-state index is 11.2. The molecule has 0 amide bonds. The highest BCUT2D eigenvalue weighted by Crippen LogP contribution is 2.29. The zero-order valence-corrected chi connectivity index (χ0v) is 9.93. The summed E-state index contributed by atoms with van der Waals surface area (Å²) in [5, 5.41) is 10.1. The van der Waals surface area contributed by atoms with Gasteiger partial charge in [-0.05, 0) is 26.0 Å². The zero-order chi connectivity index (χ0) is 12.4. The number of hydrogen-bond donors (Lipinski definition) is 1. The first-order valence-electron chi connectivity index (χ1n) is 5.67. The van der Waals surface area contributed by atoms with Gasteiger partial charge in [0.2, 0.25) is 0 Å². The van der Waals surface area contributed by atoms with Crippen LogP contribution in [0.4, 0.5) is 0 Å². The van der Waals surface area contributed by atoms with E-state index >= 15 is 0 Å². The summed E-state index contributed by atoms with van der Waals surface area (Å²) in [6.07, 6.45) is 0. The van der Waals surface area contributed by atoms with Crippen LogP contribution in [0, 0.1) is 0 Å². The van der Waals surface area contributed by atoms with Gasteiger partial charge in [-0.1, -0.05) is 12.1 Å². The van der Waals surface area contributed by atoms with Crippen molar-refractivity contribution in [2.24, 2.45) is 0 Å². The number of rotatable bonds is 4. The molecule has 0 radical (unpaired) electrons. The van der Waals surface area contributed by atoms with Crippen LogP contribution in [0.15, 0.2) is 24.3 Å². The molecule has 4 nitrogen and oxygen atoms in total. The highest BCUT2D eigenvalue weighted by Gasteiger charge is 2.16. The number of fused-ring (bicyclic) bond motifs is 1. The third kappa shape index (κ3) is 1.86. The molecule has 0 aliphatic rings. The number of hydrogen-bond acceptors (Lipinski definition) is 2.